The van der Waals surface area contributed by atoms with Crippen molar-refractivity contribution in [1.29, 1.82) is 0 Å². The standard InChI is InChI=1S/C21H28FN5O/c1-15(18-7-5-6-8-19(18)28-4)24-20-16(2)23-17(3)25-21(20)27-13-11-26(10-9-22)12-14-27/h5-8H,9-14H2,1-4H3. The zero-order chi connectivity index (χ0) is 20.1. The molecule has 6 nitrogen and oxygen atoms in total. The monoisotopic (exact) mass is 385 g/mol. The summed E-state index contributed by atoms with van der Waals surface area (Å²) >= 11 is 0. The van der Waals surface area contributed by atoms with Crippen molar-refractivity contribution in [1.82, 2.24) is 14.9 Å². The van der Waals surface area contributed by atoms with Gasteiger partial charge in [0.2, 0.25) is 0 Å². The van der Waals surface area contributed by atoms with Gasteiger partial charge in [-0.3, -0.25) is 4.90 Å². The van der Waals surface area contributed by atoms with Gasteiger partial charge in [0.25, 0.3) is 0 Å². The Labute approximate surface area is 166 Å². The highest BCUT2D eigenvalue weighted by atomic mass is 19.1. The molecule has 0 spiro atoms. The van der Waals surface area contributed by atoms with Gasteiger partial charge in [-0.15, -0.1) is 0 Å². The van der Waals surface area contributed by atoms with E-state index < -0.39 is 0 Å². The summed E-state index contributed by atoms with van der Waals surface area (Å²) in [6, 6.07) is 7.84. The molecule has 0 N–H and O–H groups in total. The zero-order valence-corrected chi connectivity index (χ0v) is 17.1. The minimum Gasteiger partial charge on any atom is -0.496 e. The van der Waals surface area contributed by atoms with Crippen LogP contribution >= 0.6 is 0 Å². The first-order valence-corrected chi connectivity index (χ1v) is 9.60. The van der Waals surface area contributed by atoms with E-state index in [1.807, 2.05) is 45.0 Å². The Morgan fingerprint density at radius 1 is 1.14 bits per heavy atom. The first-order valence-electron chi connectivity index (χ1n) is 9.60. The minimum atomic E-state index is -0.306. The van der Waals surface area contributed by atoms with Crippen LogP contribution in [-0.4, -0.2) is 67.1 Å². The zero-order valence-electron chi connectivity index (χ0n) is 17.1. The van der Waals surface area contributed by atoms with Gasteiger partial charge < -0.3 is 9.64 Å². The third-order valence-corrected chi connectivity index (χ3v) is 5.00. The van der Waals surface area contributed by atoms with Gasteiger partial charge in [0.15, 0.2) is 5.82 Å². The van der Waals surface area contributed by atoms with E-state index in [4.69, 9.17) is 14.7 Å². The van der Waals surface area contributed by atoms with Crippen molar-refractivity contribution in [2.24, 2.45) is 4.99 Å². The van der Waals surface area contributed by atoms with Crippen LogP contribution in [0.25, 0.3) is 0 Å². The highest BCUT2D eigenvalue weighted by Crippen LogP contribution is 2.32. The summed E-state index contributed by atoms with van der Waals surface area (Å²) < 4.78 is 18.1. The maximum absolute atomic E-state index is 12.6. The number of aryl methyl sites for hydroxylation is 2. The lowest BCUT2D eigenvalue weighted by molar-refractivity contribution is 0.235. The van der Waals surface area contributed by atoms with Gasteiger partial charge >= 0.3 is 0 Å². The molecule has 2 aromatic rings. The molecule has 1 fully saturated rings. The van der Waals surface area contributed by atoms with Gasteiger partial charge in [0.05, 0.1) is 12.8 Å². The van der Waals surface area contributed by atoms with Crippen LogP contribution < -0.4 is 9.64 Å². The Kier molecular flexibility index (Phi) is 6.57. The van der Waals surface area contributed by atoms with Gasteiger partial charge in [0.1, 0.15) is 23.9 Å². The van der Waals surface area contributed by atoms with E-state index >= 15 is 0 Å². The van der Waals surface area contributed by atoms with E-state index in [1.165, 1.54) is 0 Å². The number of anilines is 1. The average Bonchev–Trinajstić information content (AvgIpc) is 2.70. The van der Waals surface area contributed by atoms with Crippen LogP contribution in [0.3, 0.4) is 0 Å². The number of aliphatic imine (C=N–C) groups is 1. The lowest BCUT2D eigenvalue weighted by Crippen LogP contribution is -2.47. The molecule has 7 heteroatoms. The second-order valence-corrected chi connectivity index (χ2v) is 6.94. The molecule has 28 heavy (non-hydrogen) atoms. The van der Waals surface area contributed by atoms with E-state index in [0.29, 0.717) is 6.54 Å². The number of hydrogen-bond donors (Lipinski definition) is 0. The summed E-state index contributed by atoms with van der Waals surface area (Å²) in [6.07, 6.45) is 0. The number of methoxy groups -OCH3 is 1. The number of para-hydroxylation sites is 1. The quantitative estimate of drug-likeness (QED) is 0.714. The summed E-state index contributed by atoms with van der Waals surface area (Å²) in [4.78, 5) is 18.5. The van der Waals surface area contributed by atoms with E-state index in [1.54, 1.807) is 7.11 Å². The molecule has 0 aliphatic carbocycles. The number of aromatic nitrogens is 2. The third kappa shape index (κ3) is 4.47. The van der Waals surface area contributed by atoms with Crippen molar-refractivity contribution in [2.75, 3.05) is 51.4 Å². The molecule has 1 aromatic heterocycles. The molecule has 1 aliphatic rings. The Bertz CT molecular complexity index is 847. The molecule has 0 bridgehead atoms. The second kappa shape index (κ2) is 9.10. The Morgan fingerprint density at radius 3 is 2.54 bits per heavy atom. The van der Waals surface area contributed by atoms with Crippen LogP contribution in [0.2, 0.25) is 0 Å². The maximum Gasteiger partial charge on any atom is 0.158 e. The Morgan fingerprint density at radius 2 is 1.86 bits per heavy atom. The predicted octanol–water partition coefficient (Wildman–Crippen LogP) is 3.33. The van der Waals surface area contributed by atoms with Crippen molar-refractivity contribution in [3.05, 3.63) is 41.3 Å². The van der Waals surface area contributed by atoms with Crippen molar-refractivity contribution in [2.45, 2.75) is 20.8 Å². The fourth-order valence-corrected chi connectivity index (χ4v) is 3.51. The van der Waals surface area contributed by atoms with E-state index in [0.717, 1.165) is 66.2 Å². The van der Waals surface area contributed by atoms with Gasteiger partial charge in [0, 0.05) is 44.0 Å². The normalized spacial score (nSPS) is 15.8. The fourth-order valence-electron chi connectivity index (χ4n) is 3.51. The molecular formula is C21H28FN5O. The summed E-state index contributed by atoms with van der Waals surface area (Å²) in [6.45, 7) is 9.26. The molecule has 150 valence electrons. The van der Waals surface area contributed by atoms with Crippen molar-refractivity contribution in [3.8, 4) is 5.75 Å². The molecule has 1 aromatic carbocycles. The van der Waals surface area contributed by atoms with Crippen LogP contribution in [-0.2, 0) is 0 Å². The summed E-state index contributed by atoms with van der Waals surface area (Å²) in [5.41, 5.74) is 3.44. The van der Waals surface area contributed by atoms with Crippen LogP contribution in [0.15, 0.2) is 29.3 Å². The number of halogens is 1. The predicted molar refractivity (Wildman–Crippen MR) is 111 cm³/mol. The molecular weight excluding hydrogens is 357 g/mol. The maximum atomic E-state index is 12.6. The van der Waals surface area contributed by atoms with Gasteiger partial charge in [-0.25, -0.2) is 19.4 Å². The van der Waals surface area contributed by atoms with Crippen LogP contribution in [0.5, 0.6) is 5.75 Å². The minimum absolute atomic E-state index is 0.306. The number of piperazine rings is 1. The van der Waals surface area contributed by atoms with Crippen molar-refractivity contribution >= 4 is 17.2 Å². The van der Waals surface area contributed by atoms with E-state index in [9.17, 15) is 4.39 Å². The lowest BCUT2D eigenvalue weighted by Gasteiger charge is -2.35. The van der Waals surface area contributed by atoms with Gasteiger partial charge in [-0.05, 0) is 32.9 Å². The topological polar surface area (TPSA) is 53.9 Å². The molecule has 1 aliphatic heterocycles. The molecule has 2 heterocycles. The molecule has 0 atom stereocenters. The molecule has 0 unspecified atom stereocenters. The largest absolute Gasteiger partial charge is 0.496 e. The van der Waals surface area contributed by atoms with Gasteiger partial charge in [-0.1, -0.05) is 12.1 Å². The van der Waals surface area contributed by atoms with Crippen LogP contribution in [0.4, 0.5) is 15.9 Å². The van der Waals surface area contributed by atoms with E-state index in [-0.39, 0.29) is 6.67 Å². The van der Waals surface area contributed by atoms with Gasteiger partial charge in [-0.2, -0.15) is 0 Å². The number of ether oxygens (including phenoxy) is 1. The second-order valence-electron chi connectivity index (χ2n) is 6.94. The summed E-state index contributed by atoms with van der Waals surface area (Å²) in [5, 5.41) is 0. The SMILES string of the molecule is COc1ccccc1C(C)=Nc1c(C)nc(C)nc1N1CCN(CCF)CC1. The number of alkyl halides is 1. The fraction of sp³-hybridized carbons (Fsp3) is 0.476. The summed E-state index contributed by atoms with van der Waals surface area (Å²) in [5.74, 6) is 2.36. The first kappa shape index (κ1) is 20.2. The van der Waals surface area contributed by atoms with Crippen molar-refractivity contribution < 1.29 is 9.13 Å². The third-order valence-electron chi connectivity index (χ3n) is 5.00. The smallest absolute Gasteiger partial charge is 0.158 e. The molecule has 0 radical (unpaired) electrons. The number of nitrogens with zero attached hydrogens (tertiary/aromatic N) is 5. The first-order chi connectivity index (χ1) is 13.5. The van der Waals surface area contributed by atoms with Crippen LogP contribution in [0.1, 0.15) is 24.0 Å². The number of rotatable bonds is 6. The lowest BCUT2D eigenvalue weighted by atomic mass is 10.1. The number of benzene rings is 1. The van der Waals surface area contributed by atoms with E-state index in [2.05, 4.69) is 14.8 Å². The Balaban J connectivity index is 1.95. The Hall–Kier alpha value is -2.54. The highest BCUT2D eigenvalue weighted by molar-refractivity contribution is 6.03. The average molecular weight is 385 g/mol. The highest BCUT2D eigenvalue weighted by Gasteiger charge is 2.22. The van der Waals surface area contributed by atoms with Crippen molar-refractivity contribution in [3.63, 3.8) is 0 Å². The molecule has 0 amide bonds. The number of hydrogen-bond acceptors (Lipinski definition) is 6. The molecule has 3 rings (SSSR count). The molecule has 1 saturated heterocycles. The summed E-state index contributed by atoms with van der Waals surface area (Å²) in [7, 11) is 1.66. The molecule has 0 saturated carbocycles. The van der Waals surface area contributed by atoms with Crippen LogP contribution in [0, 0.1) is 13.8 Å².